The summed E-state index contributed by atoms with van der Waals surface area (Å²) in [5, 5.41) is 4.88. The summed E-state index contributed by atoms with van der Waals surface area (Å²) in [5.74, 6) is 0.394. The fourth-order valence-electron chi connectivity index (χ4n) is 3.42. The molecule has 5 rings (SSSR count). The number of benzene rings is 4. The maximum absolute atomic E-state index is 13.0. The zero-order valence-corrected chi connectivity index (χ0v) is 19.3. The van der Waals surface area contributed by atoms with E-state index in [0.717, 1.165) is 24.4 Å². The highest BCUT2D eigenvalue weighted by molar-refractivity contribution is 14.1. The Morgan fingerprint density at radius 2 is 1.73 bits per heavy atom. The second-order valence-corrected chi connectivity index (χ2v) is 8.91. The number of fused-ring (bicyclic) bond motifs is 2. The lowest BCUT2D eigenvalue weighted by Crippen LogP contribution is -2.12. The molecule has 0 aliphatic rings. The number of nitrogens with zero attached hydrogens (tertiary/aromatic N) is 1. The third-order valence-electron chi connectivity index (χ3n) is 4.83. The second kappa shape index (κ2) is 7.85. The van der Waals surface area contributed by atoms with Crippen LogP contribution in [-0.4, -0.2) is 10.9 Å². The summed E-state index contributed by atoms with van der Waals surface area (Å²) in [5.41, 5.74) is 3.58. The number of oxazole rings is 1. The second-order valence-electron chi connectivity index (χ2n) is 6.81. The van der Waals surface area contributed by atoms with Gasteiger partial charge in [0.1, 0.15) is 5.52 Å². The van der Waals surface area contributed by atoms with Crippen molar-refractivity contribution in [1.82, 2.24) is 4.98 Å². The van der Waals surface area contributed by atoms with E-state index in [-0.39, 0.29) is 5.91 Å². The van der Waals surface area contributed by atoms with Crippen LogP contribution in [0.5, 0.6) is 0 Å². The Morgan fingerprint density at radius 1 is 0.933 bits per heavy atom. The zero-order valence-electron chi connectivity index (χ0n) is 15.5. The molecule has 146 valence electrons. The molecule has 1 aromatic heterocycles. The van der Waals surface area contributed by atoms with Crippen LogP contribution in [0.15, 0.2) is 87.8 Å². The average molecular weight is 569 g/mol. The Bertz CT molecular complexity index is 1430. The molecule has 0 aliphatic carbocycles. The molecule has 0 unspecified atom stereocenters. The number of halogens is 2. The van der Waals surface area contributed by atoms with Crippen LogP contribution in [0, 0.1) is 3.57 Å². The summed E-state index contributed by atoms with van der Waals surface area (Å²) in [4.78, 5) is 17.6. The Morgan fingerprint density at radius 3 is 2.60 bits per heavy atom. The molecule has 5 aromatic rings. The summed E-state index contributed by atoms with van der Waals surface area (Å²) in [6.07, 6.45) is 0. The molecule has 0 spiro atoms. The van der Waals surface area contributed by atoms with Gasteiger partial charge >= 0.3 is 0 Å². The molecule has 4 nitrogen and oxygen atoms in total. The van der Waals surface area contributed by atoms with Gasteiger partial charge in [-0.05, 0) is 81.9 Å². The van der Waals surface area contributed by atoms with Crippen molar-refractivity contribution in [2.45, 2.75) is 0 Å². The van der Waals surface area contributed by atoms with Gasteiger partial charge in [0.05, 0.1) is 0 Å². The molecule has 4 aromatic carbocycles. The van der Waals surface area contributed by atoms with Crippen molar-refractivity contribution in [3.8, 4) is 11.5 Å². The van der Waals surface area contributed by atoms with Crippen LogP contribution in [0.25, 0.3) is 33.3 Å². The highest BCUT2D eigenvalue weighted by Crippen LogP contribution is 2.29. The number of aromatic nitrogens is 1. The highest BCUT2D eigenvalue weighted by Gasteiger charge is 2.13. The van der Waals surface area contributed by atoms with Gasteiger partial charge in [-0.3, -0.25) is 4.79 Å². The molecule has 0 bridgehead atoms. The average Bonchev–Trinajstić information content (AvgIpc) is 3.17. The van der Waals surface area contributed by atoms with E-state index in [4.69, 9.17) is 4.42 Å². The van der Waals surface area contributed by atoms with Gasteiger partial charge in [0.2, 0.25) is 5.89 Å². The van der Waals surface area contributed by atoms with Gasteiger partial charge in [0.25, 0.3) is 5.91 Å². The monoisotopic (exact) mass is 568 g/mol. The molecule has 0 saturated heterocycles. The topological polar surface area (TPSA) is 55.1 Å². The maximum Gasteiger partial charge on any atom is 0.256 e. The van der Waals surface area contributed by atoms with E-state index < -0.39 is 0 Å². The zero-order chi connectivity index (χ0) is 20.7. The molecule has 1 N–H and O–H groups in total. The molecule has 0 fully saturated rings. The minimum absolute atomic E-state index is 0.167. The quantitative estimate of drug-likeness (QED) is 0.233. The lowest BCUT2D eigenvalue weighted by molar-refractivity contribution is 0.102. The molecular formula is C24H14BrIN2O2. The number of nitrogens with one attached hydrogen (secondary N) is 1. The van der Waals surface area contributed by atoms with E-state index >= 15 is 0 Å². The summed E-state index contributed by atoms with van der Waals surface area (Å²) in [6, 6.07) is 25.0. The normalized spacial score (nSPS) is 11.1. The van der Waals surface area contributed by atoms with Gasteiger partial charge < -0.3 is 9.73 Å². The number of rotatable bonds is 3. The lowest BCUT2D eigenvalue weighted by Gasteiger charge is -2.09. The largest absolute Gasteiger partial charge is 0.436 e. The first kappa shape index (κ1) is 19.3. The first-order valence-corrected chi connectivity index (χ1v) is 11.1. The molecule has 30 heavy (non-hydrogen) atoms. The molecular weight excluding hydrogens is 555 g/mol. The summed E-state index contributed by atoms with van der Waals surface area (Å²) < 4.78 is 7.97. The van der Waals surface area contributed by atoms with Crippen molar-refractivity contribution in [3.63, 3.8) is 0 Å². The standard InChI is InChI=1S/C24H14BrIN2O2/c25-20-9-3-6-17-18(20)7-2-8-19(17)23(29)27-16-10-11-22-21(13-16)28-24(30-22)14-4-1-5-15(26)12-14/h1-13H,(H,27,29). The minimum atomic E-state index is -0.167. The van der Waals surface area contributed by atoms with Crippen molar-refractivity contribution < 1.29 is 9.21 Å². The lowest BCUT2D eigenvalue weighted by atomic mass is 10.0. The molecule has 0 radical (unpaired) electrons. The number of carbonyl (C=O) groups excluding carboxylic acids is 1. The van der Waals surface area contributed by atoms with Crippen LogP contribution >= 0.6 is 38.5 Å². The first-order chi connectivity index (χ1) is 14.6. The van der Waals surface area contributed by atoms with Crippen LogP contribution in [0.3, 0.4) is 0 Å². The maximum atomic E-state index is 13.0. The molecule has 1 amide bonds. The molecule has 0 saturated carbocycles. The van der Waals surface area contributed by atoms with Crippen molar-refractivity contribution in [2.75, 3.05) is 5.32 Å². The predicted molar refractivity (Wildman–Crippen MR) is 132 cm³/mol. The van der Waals surface area contributed by atoms with E-state index in [2.05, 4.69) is 48.8 Å². The van der Waals surface area contributed by atoms with Crippen LogP contribution in [0.4, 0.5) is 5.69 Å². The van der Waals surface area contributed by atoms with Gasteiger partial charge in [0, 0.05) is 24.9 Å². The van der Waals surface area contributed by atoms with Crippen LogP contribution in [0.1, 0.15) is 10.4 Å². The highest BCUT2D eigenvalue weighted by atomic mass is 127. The van der Waals surface area contributed by atoms with Gasteiger partial charge in [-0.25, -0.2) is 4.98 Å². The van der Waals surface area contributed by atoms with Gasteiger partial charge in [-0.2, -0.15) is 0 Å². The van der Waals surface area contributed by atoms with Crippen LogP contribution in [0.2, 0.25) is 0 Å². The van der Waals surface area contributed by atoms with Crippen LogP contribution in [-0.2, 0) is 0 Å². The third-order valence-corrected chi connectivity index (χ3v) is 6.19. The fourth-order valence-corrected chi connectivity index (χ4v) is 4.46. The Labute approximate surface area is 194 Å². The van der Waals surface area contributed by atoms with E-state index in [0.29, 0.717) is 28.2 Å². The van der Waals surface area contributed by atoms with Gasteiger partial charge in [0.15, 0.2) is 5.58 Å². The molecule has 1 heterocycles. The summed E-state index contributed by atoms with van der Waals surface area (Å²) in [6.45, 7) is 0. The minimum Gasteiger partial charge on any atom is -0.436 e. The molecule has 0 atom stereocenters. The van der Waals surface area contributed by atoms with Crippen molar-refractivity contribution in [2.24, 2.45) is 0 Å². The summed E-state index contributed by atoms with van der Waals surface area (Å²) >= 11 is 5.81. The predicted octanol–water partition coefficient (Wildman–Crippen LogP) is 7.27. The van der Waals surface area contributed by atoms with Crippen LogP contribution < -0.4 is 5.32 Å². The van der Waals surface area contributed by atoms with E-state index in [1.807, 2.05) is 78.9 Å². The number of hydrogen-bond acceptors (Lipinski definition) is 3. The van der Waals surface area contributed by atoms with Crippen molar-refractivity contribution in [3.05, 3.63) is 92.5 Å². The number of hydrogen-bond donors (Lipinski definition) is 1. The van der Waals surface area contributed by atoms with E-state index in [9.17, 15) is 4.79 Å². The SMILES string of the molecule is O=C(Nc1ccc2oc(-c3cccc(I)c3)nc2c1)c1cccc2c(Br)cccc12. The Kier molecular flexibility index (Phi) is 5.04. The molecule has 0 aliphatic heterocycles. The smallest absolute Gasteiger partial charge is 0.256 e. The van der Waals surface area contributed by atoms with E-state index in [1.54, 1.807) is 0 Å². The summed E-state index contributed by atoms with van der Waals surface area (Å²) in [7, 11) is 0. The van der Waals surface area contributed by atoms with Crippen molar-refractivity contribution in [1.29, 1.82) is 0 Å². The van der Waals surface area contributed by atoms with Gasteiger partial charge in [-0.15, -0.1) is 0 Å². The van der Waals surface area contributed by atoms with Crippen molar-refractivity contribution >= 4 is 72.0 Å². The van der Waals surface area contributed by atoms with Gasteiger partial charge in [-0.1, -0.05) is 46.3 Å². The Balaban J connectivity index is 1.47. The Hall–Kier alpha value is -2.71. The third kappa shape index (κ3) is 3.61. The van der Waals surface area contributed by atoms with E-state index in [1.165, 1.54) is 0 Å². The number of carbonyl (C=O) groups is 1. The number of amides is 1. The number of anilines is 1. The first-order valence-electron chi connectivity index (χ1n) is 9.23. The molecule has 6 heteroatoms. The fraction of sp³-hybridized carbons (Fsp3) is 0.